The first-order chi connectivity index (χ1) is 8.69. The molecule has 0 saturated carbocycles. The van der Waals surface area contributed by atoms with Crippen molar-refractivity contribution in [2.75, 3.05) is 6.54 Å². The Bertz CT molecular complexity index is 662. The maximum atomic E-state index is 12.4. The fraction of sp³-hybridized carbons (Fsp3) is 0.250. The molecule has 0 aliphatic carbocycles. The Labute approximate surface area is 105 Å². The van der Waals surface area contributed by atoms with Crippen LogP contribution in [-0.4, -0.2) is 20.1 Å². The summed E-state index contributed by atoms with van der Waals surface area (Å²) in [6, 6.07) is 8.29. The predicted molar refractivity (Wildman–Crippen MR) is 63.8 cm³/mol. The van der Waals surface area contributed by atoms with Crippen LogP contribution in [0.3, 0.4) is 0 Å². The van der Waals surface area contributed by atoms with Gasteiger partial charge in [-0.2, -0.15) is 0 Å². The number of rotatable bonds is 2. The molecule has 1 N–H and O–H groups in total. The van der Waals surface area contributed by atoms with Gasteiger partial charge in [-0.15, -0.1) is 0 Å². The van der Waals surface area contributed by atoms with Crippen molar-refractivity contribution >= 4 is 9.84 Å². The molecule has 1 aliphatic rings. The molecule has 0 unspecified atom stereocenters. The second-order valence-electron chi connectivity index (χ2n) is 4.13. The summed E-state index contributed by atoms with van der Waals surface area (Å²) in [6.45, 7) is 1.27. The van der Waals surface area contributed by atoms with Gasteiger partial charge in [-0.25, -0.2) is 8.42 Å². The molecular formula is C12H12N2O3S. The molecule has 0 fully saturated rings. The number of nitrogens with zero attached hydrogens (tertiary/aromatic N) is 1. The van der Waals surface area contributed by atoms with Crippen molar-refractivity contribution in [3.05, 3.63) is 41.7 Å². The standard InChI is InChI=1S/C12H12N2O3S/c15-18(16,9-4-2-1-3-5-9)12-10-8-13-7-6-11(10)17-14-12/h1-5,13H,6-8H2. The van der Waals surface area contributed by atoms with E-state index in [1.54, 1.807) is 30.3 Å². The molecule has 3 rings (SSSR count). The lowest BCUT2D eigenvalue weighted by Crippen LogP contribution is -2.23. The van der Waals surface area contributed by atoms with Crippen molar-refractivity contribution in [3.63, 3.8) is 0 Å². The predicted octanol–water partition coefficient (Wildman–Crippen LogP) is 1.15. The maximum absolute atomic E-state index is 12.4. The second kappa shape index (κ2) is 4.22. The summed E-state index contributed by atoms with van der Waals surface area (Å²) in [7, 11) is -3.58. The van der Waals surface area contributed by atoms with Crippen molar-refractivity contribution in [1.29, 1.82) is 0 Å². The van der Waals surface area contributed by atoms with Crippen molar-refractivity contribution in [2.45, 2.75) is 22.9 Å². The quantitative estimate of drug-likeness (QED) is 0.881. The van der Waals surface area contributed by atoms with Gasteiger partial charge >= 0.3 is 0 Å². The van der Waals surface area contributed by atoms with E-state index in [1.165, 1.54) is 0 Å². The van der Waals surface area contributed by atoms with E-state index in [9.17, 15) is 8.42 Å². The summed E-state index contributed by atoms with van der Waals surface area (Å²) in [5.74, 6) is 0.670. The number of hydrogen-bond donors (Lipinski definition) is 1. The fourth-order valence-electron chi connectivity index (χ4n) is 2.03. The van der Waals surface area contributed by atoms with Crippen molar-refractivity contribution < 1.29 is 12.9 Å². The van der Waals surface area contributed by atoms with Crippen LogP contribution in [-0.2, 0) is 22.8 Å². The summed E-state index contributed by atoms with van der Waals surface area (Å²) in [4.78, 5) is 0.242. The number of benzene rings is 1. The van der Waals surface area contributed by atoms with Gasteiger partial charge in [-0.05, 0) is 12.1 Å². The Morgan fingerprint density at radius 3 is 2.78 bits per heavy atom. The highest BCUT2D eigenvalue weighted by atomic mass is 32.2. The zero-order valence-corrected chi connectivity index (χ0v) is 10.4. The first-order valence-electron chi connectivity index (χ1n) is 5.68. The first-order valence-corrected chi connectivity index (χ1v) is 7.16. The zero-order valence-electron chi connectivity index (χ0n) is 9.59. The Balaban J connectivity index is 2.13. The lowest BCUT2D eigenvalue weighted by atomic mass is 10.1. The van der Waals surface area contributed by atoms with E-state index in [0.717, 1.165) is 6.54 Å². The lowest BCUT2D eigenvalue weighted by molar-refractivity contribution is 0.362. The maximum Gasteiger partial charge on any atom is 0.227 e. The molecule has 94 valence electrons. The van der Waals surface area contributed by atoms with Crippen LogP contribution < -0.4 is 5.32 Å². The second-order valence-corrected chi connectivity index (χ2v) is 6.00. The molecule has 2 heterocycles. The number of hydrogen-bond acceptors (Lipinski definition) is 5. The van der Waals surface area contributed by atoms with E-state index in [-0.39, 0.29) is 9.92 Å². The first kappa shape index (κ1) is 11.4. The molecule has 6 heteroatoms. The fourth-order valence-corrected chi connectivity index (χ4v) is 3.42. The van der Waals surface area contributed by atoms with Gasteiger partial charge in [0.15, 0.2) is 0 Å². The molecule has 0 saturated heterocycles. The van der Waals surface area contributed by atoms with Crippen LogP contribution in [0.5, 0.6) is 0 Å². The highest BCUT2D eigenvalue weighted by molar-refractivity contribution is 7.91. The van der Waals surface area contributed by atoms with Gasteiger partial charge in [0.05, 0.1) is 4.90 Å². The molecule has 1 aliphatic heterocycles. The normalized spacial score (nSPS) is 15.3. The Morgan fingerprint density at radius 1 is 1.22 bits per heavy atom. The average molecular weight is 264 g/mol. The van der Waals surface area contributed by atoms with Gasteiger partial charge in [-0.3, -0.25) is 0 Å². The Hall–Kier alpha value is -1.66. The van der Waals surface area contributed by atoms with E-state index in [4.69, 9.17) is 4.52 Å². The minimum Gasteiger partial charge on any atom is -0.360 e. The van der Waals surface area contributed by atoms with Crippen LogP contribution in [0.1, 0.15) is 11.3 Å². The van der Waals surface area contributed by atoms with Crippen LogP contribution in [0.15, 0.2) is 44.8 Å². The lowest BCUT2D eigenvalue weighted by Gasteiger charge is -2.11. The minimum absolute atomic E-state index is 0.0379. The molecule has 1 aromatic heterocycles. The summed E-state index contributed by atoms with van der Waals surface area (Å²) < 4.78 is 30.0. The number of aromatic nitrogens is 1. The van der Waals surface area contributed by atoms with Crippen LogP contribution >= 0.6 is 0 Å². The highest BCUT2D eigenvalue weighted by Gasteiger charge is 2.29. The van der Waals surface area contributed by atoms with E-state index in [2.05, 4.69) is 10.5 Å². The van der Waals surface area contributed by atoms with Crippen molar-refractivity contribution in [1.82, 2.24) is 10.5 Å². The zero-order chi connectivity index (χ0) is 12.6. The third kappa shape index (κ3) is 1.74. The van der Waals surface area contributed by atoms with E-state index in [1.807, 2.05) is 0 Å². The van der Waals surface area contributed by atoms with Gasteiger partial charge < -0.3 is 9.84 Å². The molecule has 18 heavy (non-hydrogen) atoms. The molecule has 0 radical (unpaired) electrons. The number of fused-ring (bicyclic) bond motifs is 1. The van der Waals surface area contributed by atoms with Crippen molar-refractivity contribution in [3.8, 4) is 0 Å². The van der Waals surface area contributed by atoms with Crippen LogP contribution in [0, 0.1) is 0 Å². The third-order valence-corrected chi connectivity index (χ3v) is 4.69. The largest absolute Gasteiger partial charge is 0.360 e. The summed E-state index contributed by atoms with van der Waals surface area (Å²) in [6.07, 6.45) is 0.673. The Morgan fingerprint density at radius 2 is 2.00 bits per heavy atom. The number of sulfone groups is 1. The molecule has 0 bridgehead atoms. The van der Waals surface area contributed by atoms with Crippen LogP contribution in [0.2, 0.25) is 0 Å². The van der Waals surface area contributed by atoms with Gasteiger partial charge in [0.2, 0.25) is 14.9 Å². The smallest absolute Gasteiger partial charge is 0.227 e. The summed E-state index contributed by atoms with van der Waals surface area (Å²) in [5.41, 5.74) is 0.658. The molecule has 0 spiro atoms. The van der Waals surface area contributed by atoms with Gasteiger partial charge in [0.1, 0.15) is 5.76 Å². The highest BCUT2D eigenvalue weighted by Crippen LogP contribution is 2.26. The Kier molecular flexibility index (Phi) is 2.68. The van der Waals surface area contributed by atoms with Gasteiger partial charge in [-0.1, -0.05) is 23.4 Å². The molecule has 2 aromatic rings. The monoisotopic (exact) mass is 264 g/mol. The number of nitrogens with one attached hydrogen (secondary N) is 1. The van der Waals surface area contributed by atoms with Crippen LogP contribution in [0.25, 0.3) is 0 Å². The van der Waals surface area contributed by atoms with Gasteiger partial charge in [0.25, 0.3) is 0 Å². The molecule has 0 amide bonds. The molecule has 0 atom stereocenters. The van der Waals surface area contributed by atoms with E-state index < -0.39 is 9.84 Å². The molecule has 5 nitrogen and oxygen atoms in total. The SMILES string of the molecule is O=S(=O)(c1ccccc1)c1noc2c1CNCC2. The van der Waals surface area contributed by atoms with Crippen LogP contribution in [0.4, 0.5) is 0 Å². The summed E-state index contributed by atoms with van der Waals surface area (Å²) >= 11 is 0. The average Bonchev–Trinajstić information content (AvgIpc) is 2.84. The van der Waals surface area contributed by atoms with E-state index in [0.29, 0.717) is 24.3 Å². The minimum atomic E-state index is -3.58. The van der Waals surface area contributed by atoms with Gasteiger partial charge in [0, 0.05) is 25.1 Å². The third-order valence-electron chi connectivity index (χ3n) is 2.97. The van der Waals surface area contributed by atoms with Crippen molar-refractivity contribution in [2.24, 2.45) is 0 Å². The molecular weight excluding hydrogens is 252 g/mol. The van der Waals surface area contributed by atoms with E-state index >= 15 is 0 Å². The molecule has 1 aromatic carbocycles. The topological polar surface area (TPSA) is 72.2 Å². The summed E-state index contributed by atoms with van der Waals surface area (Å²) in [5, 5.41) is 6.91.